The van der Waals surface area contributed by atoms with E-state index < -0.39 is 0 Å². The van der Waals surface area contributed by atoms with Crippen molar-refractivity contribution in [3.63, 3.8) is 0 Å². The molecule has 31 heavy (non-hydrogen) atoms. The van der Waals surface area contributed by atoms with Crippen molar-refractivity contribution in [2.24, 2.45) is 4.99 Å². The van der Waals surface area contributed by atoms with Crippen LogP contribution in [0.2, 0.25) is 0 Å². The number of fused-ring (bicyclic) bond motifs is 1. The number of carbonyl (C=O) groups excluding carboxylic acids is 1. The summed E-state index contributed by atoms with van der Waals surface area (Å²) in [6.45, 7) is 0.751. The van der Waals surface area contributed by atoms with Gasteiger partial charge >= 0.3 is 0 Å². The van der Waals surface area contributed by atoms with Crippen molar-refractivity contribution in [1.29, 1.82) is 0 Å². The first kappa shape index (κ1) is 19.3. The third-order valence-electron chi connectivity index (χ3n) is 5.01. The van der Waals surface area contributed by atoms with Crippen LogP contribution in [0.15, 0.2) is 95.0 Å². The molecule has 0 atom stereocenters. The molecule has 0 bridgehead atoms. The number of halogens is 1. The fourth-order valence-corrected chi connectivity index (χ4v) is 4.39. The predicted octanol–water partition coefficient (Wildman–Crippen LogP) is 5.72. The van der Waals surface area contributed by atoms with Gasteiger partial charge in [-0.15, -0.1) is 0 Å². The van der Waals surface area contributed by atoms with Gasteiger partial charge in [0.15, 0.2) is 5.17 Å². The maximum atomic E-state index is 13.1. The molecule has 0 spiro atoms. The molecule has 4 nitrogen and oxygen atoms in total. The number of carbonyl (C=O) groups is 1. The number of hydrogen-bond acceptors (Lipinski definition) is 3. The first-order valence-electron chi connectivity index (χ1n) is 9.83. The lowest BCUT2D eigenvalue weighted by molar-refractivity contribution is -0.115. The van der Waals surface area contributed by atoms with Gasteiger partial charge in [0.05, 0.1) is 10.6 Å². The molecule has 1 fully saturated rings. The topological polar surface area (TPSA) is 46.4 Å². The zero-order chi connectivity index (χ0) is 21.2. The molecule has 4 aromatic rings. The maximum Gasteiger partial charge on any atom is 0.264 e. The molecule has 1 aliphatic heterocycles. The normalized spacial score (nSPS) is 16.4. The van der Waals surface area contributed by atoms with Crippen LogP contribution in [0.5, 0.6) is 0 Å². The Balaban J connectivity index is 1.47. The molecule has 5 rings (SSSR count). The second-order valence-electron chi connectivity index (χ2n) is 7.17. The molecule has 0 unspecified atom stereocenters. The lowest BCUT2D eigenvalue weighted by Gasteiger charge is -2.05. The lowest BCUT2D eigenvalue weighted by atomic mass is 10.1. The van der Waals surface area contributed by atoms with Crippen LogP contribution in [0.3, 0.4) is 0 Å². The van der Waals surface area contributed by atoms with Crippen LogP contribution in [0.1, 0.15) is 11.1 Å². The molecule has 3 aromatic carbocycles. The quantitative estimate of drug-likeness (QED) is 0.424. The lowest BCUT2D eigenvalue weighted by Crippen LogP contribution is -2.19. The van der Waals surface area contributed by atoms with E-state index in [4.69, 9.17) is 0 Å². The molecule has 0 saturated carbocycles. The second-order valence-corrected chi connectivity index (χ2v) is 8.20. The Bertz CT molecular complexity index is 1320. The zero-order valence-corrected chi connectivity index (χ0v) is 17.3. The smallest absolute Gasteiger partial charge is 0.264 e. The van der Waals surface area contributed by atoms with E-state index in [-0.39, 0.29) is 11.7 Å². The molecule has 1 aromatic heterocycles. The monoisotopic (exact) mass is 427 g/mol. The average Bonchev–Trinajstić information content (AvgIpc) is 3.31. The predicted molar refractivity (Wildman–Crippen MR) is 125 cm³/mol. The summed E-state index contributed by atoms with van der Waals surface area (Å²) in [7, 11) is 0. The number of thioether (sulfide) groups is 1. The van der Waals surface area contributed by atoms with Crippen molar-refractivity contribution < 1.29 is 9.18 Å². The summed E-state index contributed by atoms with van der Waals surface area (Å²) in [4.78, 5) is 17.5. The van der Waals surface area contributed by atoms with E-state index in [2.05, 4.69) is 45.3 Å². The molecule has 1 saturated heterocycles. The summed E-state index contributed by atoms with van der Waals surface area (Å²) >= 11 is 1.28. The van der Waals surface area contributed by atoms with Crippen molar-refractivity contribution in [2.45, 2.75) is 6.54 Å². The van der Waals surface area contributed by atoms with Gasteiger partial charge in [-0.3, -0.25) is 4.79 Å². The standard InChI is InChI=1S/C25H18FN3OS/c26-19-10-12-20(13-11-19)27-25-28-24(30)23(31-25)14-18-16-29(15-17-6-2-1-3-7-17)22-9-5-4-8-21(18)22/h1-14,16H,15H2,(H,27,28,30)/b23-14-. The van der Waals surface area contributed by atoms with Gasteiger partial charge < -0.3 is 9.88 Å². The van der Waals surface area contributed by atoms with Crippen LogP contribution >= 0.6 is 11.8 Å². The van der Waals surface area contributed by atoms with Gasteiger partial charge in [-0.05, 0) is 53.7 Å². The zero-order valence-electron chi connectivity index (χ0n) is 16.5. The second kappa shape index (κ2) is 8.24. The number of benzene rings is 3. The molecule has 152 valence electrons. The number of rotatable bonds is 4. The fraction of sp³-hybridized carbons (Fsp3) is 0.0400. The van der Waals surface area contributed by atoms with Crippen LogP contribution in [-0.2, 0) is 11.3 Å². The van der Waals surface area contributed by atoms with Gasteiger partial charge in [0.25, 0.3) is 5.91 Å². The minimum atomic E-state index is -0.320. The Hall–Kier alpha value is -3.64. The molecular weight excluding hydrogens is 409 g/mol. The van der Waals surface area contributed by atoms with E-state index in [0.717, 1.165) is 23.0 Å². The van der Waals surface area contributed by atoms with Gasteiger partial charge in [-0.1, -0.05) is 48.5 Å². The Labute approximate surface area is 183 Å². The number of amides is 1. The van der Waals surface area contributed by atoms with E-state index in [9.17, 15) is 9.18 Å². The van der Waals surface area contributed by atoms with Crippen molar-refractivity contribution in [2.75, 3.05) is 0 Å². The van der Waals surface area contributed by atoms with Crippen molar-refractivity contribution in [1.82, 2.24) is 9.88 Å². The number of nitrogens with one attached hydrogen (secondary N) is 1. The average molecular weight is 428 g/mol. The van der Waals surface area contributed by atoms with Gasteiger partial charge in [0, 0.05) is 29.2 Å². The van der Waals surface area contributed by atoms with Crippen LogP contribution < -0.4 is 5.32 Å². The summed E-state index contributed by atoms with van der Waals surface area (Å²) in [5, 5.41) is 4.36. The van der Waals surface area contributed by atoms with Gasteiger partial charge in [0.2, 0.25) is 0 Å². The van der Waals surface area contributed by atoms with E-state index in [1.54, 1.807) is 12.1 Å². The van der Waals surface area contributed by atoms with Crippen molar-refractivity contribution in [3.05, 3.63) is 107 Å². The van der Waals surface area contributed by atoms with E-state index in [0.29, 0.717) is 15.8 Å². The Kier molecular flexibility index (Phi) is 5.14. The SMILES string of the molecule is O=C1NC(=Nc2ccc(F)cc2)S/C1=C\c1cn(Cc2ccccc2)c2ccccc12. The fourth-order valence-electron chi connectivity index (χ4n) is 3.56. The van der Waals surface area contributed by atoms with Gasteiger partial charge in [0.1, 0.15) is 5.82 Å². The molecule has 1 amide bonds. The number of aromatic nitrogens is 1. The third kappa shape index (κ3) is 4.15. The maximum absolute atomic E-state index is 13.1. The van der Waals surface area contributed by atoms with Crippen LogP contribution in [-0.4, -0.2) is 15.6 Å². The summed E-state index contributed by atoms with van der Waals surface area (Å²) in [5.41, 5.74) is 3.89. The van der Waals surface area contributed by atoms with Crippen LogP contribution in [0.4, 0.5) is 10.1 Å². The Morgan fingerprint density at radius 1 is 0.968 bits per heavy atom. The molecule has 1 aliphatic rings. The first-order chi connectivity index (χ1) is 15.2. The third-order valence-corrected chi connectivity index (χ3v) is 5.92. The highest BCUT2D eigenvalue weighted by molar-refractivity contribution is 8.18. The number of hydrogen-bond donors (Lipinski definition) is 1. The Morgan fingerprint density at radius 2 is 1.71 bits per heavy atom. The van der Waals surface area contributed by atoms with Crippen LogP contribution in [0, 0.1) is 5.82 Å². The molecule has 1 N–H and O–H groups in total. The van der Waals surface area contributed by atoms with Crippen molar-refractivity contribution >= 4 is 45.5 Å². The minimum absolute atomic E-state index is 0.189. The summed E-state index contributed by atoms with van der Waals surface area (Å²) in [6.07, 6.45) is 3.98. The van der Waals surface area contributed by atoms with Gasteiger partial charge in [-0.2, -0.15) is 0 Å². The summed E-state index contributed by atoms with van der Waals surface area (Å²) in [6, 6.07) is 24.3. The van der Waals surface area contributed by atoms with Gasteiger partial charge in [-0.25, -0.2) is 9.38 Å². The number of nitrogens with zero attached hydrogens (tertiary/aromatic N) is 2. The largest absolute Gasteiger partial charge is 0.342 e. The molecule has 0 radical (unpaired) electrons. The van der Waals surface area contributed by atoms with E-state index >= 15 is 0 Å². The first-order valence-corrected chi connectivity index (χ1v) is 10.6. The highest BCUT2D eigenvalue weighted by Crippen LogP contribution is 2.31. The highest BCUT2D eigenvalue weighted by atomic mass is 32.2. The molecule has 6 heteroatoms. The van der Waals surface area contributed by atoms with E-state index in [1.807, 2.05) is 36.4 Å². The number of amidine groups is 1. The number of para-hydroxylation sites is 1. The summed E-state index contributed by atoms with van der Waals surface area (Å²) < 4.78 is 15.3. The highest BCUT2D eigenvalue weighted by Gasteiger charge is 2.24. The minimum Gasteiger partial charge on any atom is -0.342 e. The van der Waals surface area contributed by atoms with E-state index in [1.165, 1.54) is 29.5 Å². The number of aliphatic imine (C=N–C) groups is 1. The van der Waals surface area contributed by atoms with Crippen molar-refractivity contribution in [3.8, 4) is 0 Å². The summed E-state index contributed by atoms with van der Waals surface area (Å²) in [5.74, 6) is -0.509. The molecular formula is C25H18FN3OS. The molecule has 0 aliphatic carbocycles. The van der Waals surface area contributed by atoms with Crippen LogP contribution in [0.25, 0.3) is 17.0 Å². The molecule has 2 heterocycles. The Morgan fingerprint density at radius 3 is 2.52 bits per heavy atom.